The number of rotatable bonds is 4. The maximum Gasteiger partial charge on any atom is 0.257 e. The number of pyridine rings is 1. The van der Waals surface area contributed by atoms with E-state index in [1.54, 1.807) is 60.7 Å². The average Bonchev–Trinajstić information content (AvgIpc) is 2.63. The minimum Gasteiger partial charge on any atom is -0.307 e. The molecule has 3 aromatic rings. The molecule has 118 valence electrons. The zero-order valence-electron chi connectivity index (χ0n) is 12.6. The number of carbonyl (C=O) groups excluding carboxylic acids is 2. The molecule has 0 aliphatic carbocycles. The highest BCUT2D eigenvalue weighted by atomic mass is 35.5. The molecule has 0 bridgehead atoms. The minimum atomic E-state index is -0.398. The highest BCUT2D eigenvalue weighted by Crippen LogP contribution is 2.17. The lowest BCUT2D eigenvalue weighted by Gasteiger charge is -2.09. The Morgan fingerprint density at radius 1 is 0.833 bits per heavy atom. The number of nitrogens with one attached hydrogen (secondary N) is 1. The Hall–Kier alpha value is -2.98. The fourth-order valence-electron chi connectivity index (χ4n) is 2.26. The summed E-state index contributed by atoms with van der Waals surface area (Å²) in [7, 11) is 0. The van der Waals surface area contributed by atoms with Crippen molar-refractivity contribution in [3.63, 3.8) is 0 Å². The predicted molar refractivity (Wildman–Crippen MR) is 93.5 cm³/mol. The smallest absolute Gasteiger partial charge is 0.257 e. The van der Waals surface area contributed by atoms with Crippen molar-refractivity contribution in [2.75, 3.05) is 5.32 Å². The highest BCUT2D eigenvalue weighted by Gasteiger charge is 2.18. The van der Waals surface area contributed by atoms with Crippen LogP contribution in [0.3, 0.4) is 0 Å². The molecule has 1 heterocycles. The molecule has 0 spiro atoms. The van der Waals surface area contributed by atoms with Crippen LogP contribution in [0.4, 0.5) is 5.82 Å². The number of benzene rings is 2. The molecule has 0 aliphatic heterocycles. The van der Waals surface area contributed by atoms with Crippen LogP contribution in [0.25, 0.3) is 0 Å². The second-order valence-corrected chi connectivity index (χ2v) is 5.49. The van der Waals surface area contributed by atoms with E-state index in [-0.39, 0.29) is 5.78 Å². The number of aromatic nitrogens is 1. The van der Waals surface area contributed by atoms with Gasteiger partial charge in [0.1, 0.15) is 5.82 Å². The number of hydrogen-bond donors (Lipinski definition) is 1. The van der Waals surface area contributed by atoms with Gasteiger partial charge in [0.15, 0.2) is 5.78 Å². The largest absolute Gasteiger partial charge is 0.307 e. The summed E-state index contributed by atoms with van der Waals surface area (Å²) in [6.45, 7) is 0. The van der Waals surface area contributed by atoms with Crippen molar-refractivity contribution in [1.82, 2.24) is 4.98 Å². The van der Waals surface area contributed by atoms with E-state index in [1.165, 1.54) is 6.20 Å². The molecular weight excluding hydrogens is 324 g/mol. The van der Waals surface area contributed by atoms with Gasteiger partial charge in [0.25, 0.3) is 5.91 Å². The number of ketones is 1. The number of halogens is 1. The monoisotopic (exact) mass is 336 g/mol. The standard InChI is InChI=1S/C19H13ClN2O2/c20-14-10-11-17(21-12-14)22-19(24)16-9-5-4-8-15(16)18(23)13-6-2-1-3-7-13/h1-12H,(H,21,22,24). The molecule has 0 saturated carbocycles. The third-order valence-electron chi connectivity index (χ3n) is 3.42. The Morgan fingerprint density at radius 2 is 1.50 bits per heavy atom. The zero-order valence-corrected chi connectivity index (χ0v) is 13.3. The minimum absolute atomic E-state index is 0.203. The van der Waals surface area contributed by atoms with Crippen LogP contribution < -0.4 is 5.32 Å². The van der Waals surface area contributed by atoms with E-state index in [0.29, 0.717) is 27.5 Å². The summed E-state index contributed by atoms with van der Waals surface area (Å²) in [5.41, 5.74) is 1.17. The quantitative estimate of drug-likeness (QED) is 0.726. The maximum absolute atomic E-state index is 12.7. The first kappa shape index (κ1) is 15.9. The molecule has 24 heavy (non-hydrogen) atoms. The van der Waals surface area contributed by atoms with Crippen LogP contribution >= 0.6 is 11.6 Å². The van der Waals surface area contributed by atoms with Crippen molar-refractivity contribution < 1.29 is 9.59 Å². The Balaban J connectivity index is 1.90. The normalized spacial score (nSPS) is 10.2. The Morgan fingerprint density at radius 3 is 2.17 bits per heavy atom. The Labute approximate surface area is 144 Å². The van der Waals surface area contributed by atoms with Crippen LogP contribution in [0.15, 0.2) is 72.9 Å². The molecule has 4 nitrogen and oxygen atoms in total. The van der Waals surface area contributed by atoms with Crippen molar-refractivity contribution in [3.8, 4) is 0 Å². The average molecular weight is 337 g/mol. The van der Waals surface area contributed by atoms with Gasteiger partial charge in [0, 0.05) is 17.3 Å². The van der Waals surface area contributed by atoms with Gasteiger partial charge in [-0.1, -0.05) is 60.1 Å². The van der Waals surface area contributed by atoms with Crippen LogP contribution in [0.5, 0.6) is 0 Å². The van der Waals surface area contributed by atoms with E-state index in [1.807, 2.05) is 6.07 Å². The van der Waals surface area contributed by atoms with Crippen molar-refractivity contribution in [2.24, 2.45) is 0 Å². The summed E-state index contributed by atoms with van der Waals surface area (Å²) in [5.74, 6) is -0.235. The van der Waals surface area contributed by atoms with Crippen LogP contribution in [0, 0.1) is 0 Å². The van der Waals surface area contributed by atoms with Crippen molar-refractivity contribution in [1.29, 1.82) is 0 Å². The molecule has 0 aliphatic rings. The highest BCUT2D eigenvalue weighted by molar-refractivity contribution is 6.30. The molecule has 0 unspecified atom stereocenters. The fraction of sp³-hybridized carbons (Fsp3) is 0. The van der Waals surface area contributed by atoms with E-state index >= 15 is 0 Å². The van der Waals surface area contributed by atoms with Gasteiger partial charge >= 0.3 is 0 Å². The van der Waals surface area contributed by atoms with E-state index in [0.717, 1.165) is 0 Å². The van der Waals surface area contributed by atoms with Crippen molar-refractivity contribution in [2.45, 2.75) is 0 Å². The second-order valence-electron chi connectivity index (χ2n) is 5.06. The van der Waals surface area contributed by atoms with E-state index in [2.05, 4.69) is 10.3 Å². The van der Waals surface area contributed by atoms with Crippen LogP contribution in [0.1, 0.15) is 26.3 Å². The van der Waals surface area contributed by atoms with Gasteiger partial charge in [-0.3, -0.25) is 9.59 Å². The van der Waals surface area contributed by atoms with Crippen molar-refractivity contribution >= 4 is 29.1 Å². The topological polar surface area (TPSA) is 59.1 Å². The summed E-state index contributed by atoms with van der Waals surface area (Å²) in [6, 6.07) is 18.8. The maximum atomic E-state index is 12.7. The summed E-state index contributed by atoms with van der Waals surface area (Å²) < 4.78 is 0. The molecule has 1 N–H and O–H groups in total. The molecule has 0 saturated heterocycles. The lowest BCUT2D eigenvalue weighted by Crippen LogP contribution is -2.17. The van der Waals surface area contributed by atoms with Gasteiger partial charge in [-0.25, -0.2) is 4.98 Å². The third kappa shape index (κ3) is 3.50. The van der Waals surface area contributed by atoms with Gasteiger partial charge in [-0.05, 0) is 18.2 Å². The van der Waals surface area contributed by atoms with Crippen LogP contribution in [-0.2, 0) is 0 Å². The first-order chi connectivity index (χ1) is 11.6. The third-order valence-corrected chi connectivity index (χ3v) is 3.64. The van der Waals surface area contributed by atoms with Gasteiger partial charge in [-0.2, -0.15) is 0 Å². The van der Waals surface area contributed by atoms with Crippen molar-refractivity contribution in [3.05, 3.63) is 94.6 Å². The Bertz CT molecular complexity index is 877. The van der Waals surface area contributed by atoms with E-state index in [9.17, 15) is 9.59 Å². The number of carbonyl (C=O) groups is 2. The van der Waals surface area contributed by atoms with Gasteiger partial charge in [-0.15, -0.1) is 0 Å². The van der Waals surface area contributed by atoms with Crippen LogP contribution in [-0.4, -0.2) is 16.7 Å². The summed E-state index contributed by atoms with van der Waals surface area (Å²) >= 11 is 5.78. The molecular formula is C19H13ClN2O2. The molecule has 0 atom stereocenters. The molecule has 0 fully saturated rings. The Kier molecular flexibility index (Phi) is 4.68. The first-order valence-corrected chi connectivity index (χ1v) is 7.64. The predicted octanol–water partition coefficient (Wildman–Crippen LogP) is 4.22. The van der Waals surface area contributed by atoms with E-state index < -0.39 is 5.91 Å². The fourth-order valence-corrected chi connectivity index (χ4v) is 2.37. The molecule has 1 aromatic heterocycles. The molecule has 0 radical (unpaired) electrons. The molecule has 5 heteroatoms. The van der Waals surface area contributed by atoms with Gasteiger partial charge in [0.2, 0.25) is 0 Å². The summed E-state index contributed by atoms with van der Waals surface area (Å²) in [5, 5.41) is 3.15. The summed E-state index contributed by atoms with van der Waals surface area (Å²) in [6.07, 6.45) is 1.44. The number of amides is 1. The number of hydrogen-bond acceptors (Lipinski definition) is 3. The zero-order chi connectivity index (χ0) is 16.9. The van der Waals surface area contributed by atoms with E-state index in [4.69, 9.17) is 11.6 Å². The summed E-state index contributed by atoms with van der Waals surface area (Å²) in [4.78, 5) is 29.2. The lowest BCUT2D eigenvalue weighted by molar-refractivity contribution is 0.0996. The number of nitrogens with zero attached hydrogens (tertiary/aromatic N) is 1. The lowest BCUT2D eigenvalue weighted by atomic mass is 9.98. The first-order valence-electron chi connectivity index (χ1n) is 7.27. The SMILES string of the molecule is O=C(Nc1ccc(Cl)cn1)c1ccccc1C(=O)c1ccccc1. The molecule has 2 aromatic carbocycles. The molecule has 3 rings (SSSR count). The second kappa shape index (κ2) is 7.06. The van der Waals surface area contributed by atoms with Crippen LogP contribution in [0.2, 0.25) is 5.02 Å². The molecule has 1 amide bonds. The van der Waals surface area contributed by atoms with Gasteiger partial charge in [0.05, 0.1) is 10.6 Å². The van der Waals surface area contributed by atoms with Gasteiger partial charge < -0.3 is 5.32 Å². The number of anilines is 1.